The molecule has 1 amide bonds. The van der Waals surface area contributed by atoms with E-state index in [1.54, 1.807) is 24.3 Å². The third-order valence-corrected chi connectivity index (χ3v) is 5.68. The molecule has 33 heavy (non-hydrogen) atoms. The average Bonchev–Trinajstić information content (AvgIpc) is 2.82. The standard InChI is InChI=1S/C22H24N4O6S/c1-3-31-14-15-32-18-8-4-16(5-9-18)21(27)25-17-6-10-19(11-7-17)33(28,29)26-20-22(30-2)24-13-12-23-20/h4-13H,3,14-15H2,1-2H3,(H,23,26)(H,25,27). The number of rotatable bonds is 11. The Morgan fingerprint density at radius 1 is 0.970 bits per heavy atom. The zero-order valence-corrected chi connectivity index (χ0v) is 19.0. The number of ether oxygens (including phenoxy) is 3. The van der Waals surface area contributed by atoms with E-state index in [1.165, 1.54) is 43.8 Å². The minimum atomic E-state index is -3.93. The maximum atomic E-state index is 12.6. The van der Waals surface area contributed by atoms with Crippen LogP contribution in [0.3, 0.4) is 0 Å². The Balaban J connectivity index is 1.61. The van der Waals surface area contributed by atoms with Crippen LogP contribution in [0.2, 0.25) is 0 Å². The normalized spacial score (nSPS) is 11.0. The predicted molar refractivity (Wildman–Crippen MR) is 122 cm³/mol. The Morgan fingerprint density at radius 3 is 2.33 bits per heavy atom. The minimum Gasteiger partial charge on any atom is -0.491 e. The van der Waals surface area contributed by atoms with Crippen molar-refractivity contribution >= 4 is 27.4 Å². The molecule has 0 fully saturated rings. The predicted octanol–water partition coefficient (Wildman–Crippen LogP) is 2.95. The van der Waals surface area contributed by atoms with Crippen LogP contribution >= 0.6 is 0 Å². The molecule has 174 valence electrons. The second-order valence-corrected chi connectivity index (χ2v) is 8.25. The Morgan fingerprint density at radius 2 is 1.67 bits per heavy atom. The smallest absolute Gasteiger partial charge is 0.263 e. The monoisotopic (exact) mass is 472 g/mol. The summed E-state index contributed by atoms with van der Waals surface area (Å²) in [4.78, 5) is 20.3. The summed E-state index contributed by atoms with van der Waals surface area (Å²) in [5.74, 6) is 0.320. The molecule has 1 heterocycles. The summed E-state index contributed by atoms with van der Waals surface area (Å²) in [6.07, 6.45) is 2.73. The van der Waals surface area contributed by atoms with Crippen molar-refractivity contribution < 1.29 is 27.4 Å². The molecule has 11 heteroatoms. The molecule has 0 aliphatic heterocycles. The van der Waals surface area contributed by atoms with Crippen LogP contribution in [-0.2, 0) is 14.8 Å². The van der Waals surface area contributed by atoms with Crippen molar-refractivity contribution in [3.8, 4) is 11.6 Å². The van der Waals surface area contributed by atoms with E-state index >= 15 is 0 Å². The first-order valence-electron chi connectivity index (χ1n) is 10.0. The SMILES string of the molecule is CCOCCOc1ccc(C(=O)Nc2ccc(S(=O)(=O)Nc3nccnc3OC)cc2)cc1. The molecule has 0 aliphatic carbocycles. The molecule has 10 nitrogen and oxygen atoms in total. The fourth-order valence-corrected chi connectivity index (χ4v) is 3.72. The molecule has 1 aromatic heterocycles. The number of carbonyl (C=O) groups excluding carboxylic acids is 1. The van der Waals surface area contributed by atoms with Gasteiger partial charge in [-0.2, -0.15) is 0 Å². The van der Waals surface area contributed by atoms with E-state index in [4.69, 9.17) is 14.2 Å². The van der Waals surface area contributed by atoms with Crippen molar-refractivity contribution in [3.05, 3.63) is 66.5 Å². The fourth-order valence-electron chi connectivity index (χ4n) is 2.72. The first-order chi connectivity index (χ1) is 15.9. The van der Waals surface area contributed by atoms with Crippen molar-refractivity contribution in [2.75, 3.05) is 37.0 Å². The summed E-state index contributed by atoms with van der Waals surface area (Å²) < 4.78 is 43.3. The molecule has 2 aromatic carbocycles. The number of amides is 1. The largest absolute Gasteiger partial charge is 0.491 e. The van der Waals surface area contributed by atoms with Crippen LogP contribution in [0.4, 0.5) is 11.5 Å². The van der Waals surface area contributed by atoms with Gasteiger partial charge in [0.1, 0.15) is 12.4 Å². The zero-order chi connectivity index (χ0) is 23.7. The van der Waals surface area contributed by atoms with Gasteiger partial charge in [0.25, 0.3) is 21.8 Å². The lowest BCUT2D eigenvalue weighted by Gasteiger charge is -2.11. The van der Waals surface area contributed by atoms with E-state index in [1.807, 2.05) is 6.92 Å². The van der Waals surface area contributed by atoms with Crippen molar-refractivity contribution in [2.24, 2.45) is 0 Å². The van der Waals surface area contributed by atoms with Crippen LogP contribution in [0.15, 0.2) is 65.8 Å². The van der Waals surface area contributed by atoms with E-state index in [0.29, 0.717) is 36.8 Å². The molecule has 0 radical (unpaired) electrons. The number of hydrogen-bond acceptors (Lipinski definition) is 8. The van der Waals surface area contributed by atoms with Crippen LogP contribution in [0, 0.1) is 0 Å². The molecule has 0 aliphatic rings. The topological polar surface area (TPSA) is 129 Å². The van der Waals surface area contributed by atoms with Gasteiger partial charge < -0.3 is 19.5 Å². The van der Waals surface area contributed by atoms with Crippen LogP contribution < -0.4 is 19.5 Å². The number of nitrogens with zero attached hydrogens (tertiary/aromatic N) is 2. The van der Waals surface area contributed by atoms with E-state index in [9.17, 15) is 13.2 Å². The van der Waals surface area contributed by atoms with E-state index in [-0.39, 0.29) is 22.5 Å². The zero-order valence-electron chi connectivity index (χ0n) is 18.1. The molecule has 2 N–H and O–H groups in total. The second kappa shape index (κ2) is 11.2. The number of nitrogens with one attached hydrogen (secondary N) is 2. The fraction of sp³-hybridized carbons (Fsp3) is 0.227. The van der Waals surface area contributed by atoms with Crippen molar-refractivity contribution in [3.63, 3.8) is 0 Å². The molecule has 0 atom stereocenters. The Kier molecular flexibility index (Phi) is 8.17. The third kappa shape index (κ3) is 6.64. The van der Waals surface area contributed by atoms with Gasteiger partial charge in [-0.25, -0.2) is 18.4 Å². The van der Waals surface area contributed by atoms with Crippen LogP contribution in [0.25, 0.3) is 0 Å². The van der Waals surface area contributed by atoms with E-state index < -0.39 is 10.0 Å². The Bertz CT molecular complexity index is 1170. The van der Waals surface area contributed by atoms with Gasteiger partial charge in [0.2, 0.25) is 5.82 Å². The number of aromatic nitrogens is 2. The minimum absolute atomic E-state index is 0.0123. The Hall–Kier alpha value is -3.70. The van der Waals surface area contributed by atoms with Crippen LogP contribution in [0.1, 0.15) is 17.3 Å². The number of carbonyl (C=O) groups is 1. The molecule has 3 aromatic rings. The summed E-state index contributed by atoms with van der Waals surface area (Å²) in [6, 6.07) is 12.4. The average molecular weight is 473 g/mol. The maximum Gasteiger partial charge on any atom is 0.263 e. The van der Waals surface area contributed by atoms with Gasteiger partial charge in [0.15, 0.2) is 0 Å². The van der Waals surface area contributed by atoms with Crippen molar-refractivity contribution in [1.29, 1.82) is 0 Å². The quantitative estimate of drug-likeness (QED) is 0.408. The third-order valence-electron chi connectivity index (χ3n) is 4.33. The maximum absolute atomic E-state index is 12.6. The summed E-state index contributed by atoms with van der Waals surface area (Å²) in [6.45, 7) is 3.45. The van der Waals surface area contributed by atoms with Crippen LogP contribution in [-0.4, -0.2) is 51.2 Å². The molecule has 0 saturated carbocycles. The highest BCUT2D eigenvalue weighted by atomic mass is 32.2. The highest BCUT2D eigenvalue weighted by Crippen LogP contribution is 2.22. The summed E-state index contributed by atoms with van der Waals surface area (Å²) in [7, 11) is -2.56. The first-order valence-corrected chi connectivity index (χ1v) is 11.5. The molecule has 0 bridgehead atoms. The summed E-state index contributed by atoms with van der Waals surface area (Å²) >= 11 is 0. The second-order valence-electron chi connectivity index (χ2n) is 6.57. The number of sulfonamides is 1. The number of benzene rings is 2. The van der Waals surface area contributed by atoms with Gasteiger partial charge in [0, 0.05) is 30.3 Å². The number of anilines is 2. The molecule has 0 spiro atoms. The van der Waals surface area contributed by atoms with E-state index in [0.717, 1.165) is 0 Å². The van der Waals surface area contributed by atoms with Gasteiger partial charge >= 0.3 is 0 Å². The lowest BCUT2D eigenvalue weighted by molar-refractivity contribution is 0.102. The Labute approximate surface area is 192 Å². The lowest BCUT2D eigenvalue weighted by atomic mass is 10.2. The van der Waals surface area contributed by atoms with Gasteiger partial charge in [-0.3, -0.25) is 9.52 Å². The number of methoxy groups -OCH3 is 1. The van der Waals surface area contributed by atoms with Crippen LogP contribution in [0.5, 0.6) is 11.6 Å². The molecular weight excluding hydrogens is 448 g/mol. The highest BCUT2D eigenvalue weighted by molar-refractivity contribution is 7.92. The van der Waals surface area contributed by atoms with Gasteiger partial charge in [-0.1, -0.05) is 0 Å². The van der Waals surface area contributed by atoms with Crippen molar-refractivity contribution in [2.45, 2.75) is 11.8 Å². The van der Waals surface area contributed by atoms with Gasteiger partial charge in [0.05, 0.1) is 18.6 Å². The highest BCUT2D eigenvalue weighted by Gasteiger charge is 2.18. The van der Waals surface area contributed by atoms with E-state index in [2.05, 4.69) is 20.0 Å². The molecule has 3 rings (SSSR count). The molecule has 0 saturated heterocycles. The summed E-state index contributed by atoms with van der Waals surface area (Å²) in [5, 5.41) is 2.73. The molecular formula is C22H24N4O6S. The van der Waals surface area contributed by atoms with Crippen molar-refractivity contribution in [1.82, 2.24) is 9.97 Å². The first kappa shape index (κ1) is 24.0. The van der Waals surface area contributed by atoms with Gasteiger partial charge in [-0.15, -0.1) is 0 Å². The van der Waals surface area contributed by atoms with Gasteiger partial charge in [-0.05, 0) is 55.5 Å². The summed E-state index contributed by atoms with van der Waals surface area (Å²) in [5.41, 5.74) is 0.869. The molecule has 0 unspecified atom stereocenters. The number of hydrogen-bond donors (Lipinski definition) is 2. The lowest BCUT2D eigenvalue weighted by Crippen LogP contribution is -2.15.